The van der Waals surface area contributed by atoms with Gasteiger partial charge >= 0.3 is 0 Å². The van der Waals surface area contributed by atoms with E-state index >= 15 is 0 Å². The van der Waals surface area contributed by atoms with Crippen LogP contribution >= 0.6 is 0 Å². The van der Waals surface area contributed by atoms with Crippen molar-refractivity contribution in [3.63, 3.8) is 0 Å². The molecule has 0 atom stereocenters. The van der Waals surface area contributed by atoms with Crippen LogP contribution in [0.3, 0.4) is 0 Å². The number of methoxy groups -OCH3 is 1. The highest BCUT2D eigenvalue weighted by atomic mass is 32.2. The first-order valence-electron chi connectivity index (χ1n) is 10.7. The minimum atomic E-state index is -3.37. The normalized spacial score (nSPS) is 15.6. The zero-order valence-electron chi connectivity index (χ0n) is 18.4. The van der Waals surface area contributed by atoms with Crippen LogP contribution in [-0.4, -0.2) is 54.8 Å². The van der Waals surface area contributed by atoms with Gasteiger partial charge in [-0.25, -0.2) is 13.1 Å². The molecule has 1 fully saturated rings. The predicted molar refractivity (Wildman–Crippen MR) is 124 cm³/mol. The highest BCUT2D eigenvalue weighted by Crippen LogP contribution is 2.39. The van der Waals surface area contributed by atoms with Gasteiger partial charge in [-0.3, -0.25) is 9.62 Å². The molecule has 2 heterocycles. The van der Waals surface area contributed by atoms with Crippen molar-refractivity contribution < 1.29 is 13.2 Å². The Morgan fingerprint density at radius 2 is 1.81 bits per heavy atom. The van der Waals surface area contributed by atoms with E-state index in [9.17, 15) is 8.42 Å². The number of nitrogens with one attached hydrogen (secondary N) is 1. The van der Waals surface area contributed by atoms with Gasteiger partial charge in [0.2, 0.25) is 10.0 Å². The maximum Gasteiger partial charge on any atom is 0.229 e. The second-order valence-corrected chi connectivity index (χ2v) is 9.99. The summed E-state index contributed by atoms with van der Waals surface area (Å²) in [6.45, 7) is 3.36. The number of hydrogen-bond donors (Lipinski definition) is 1. The SMILES string of the molecule is COc1c(NS(C)(=O)=O)cccc1C1CCN(Cc2cn(Cc3ccccc3)nn2)CC1. The van der Waals surface area contributed by atoms with Crippen molar-refractivity contribution in [1.29, 1.82) is 0 Å². The number of para-hydroxylation sites is 1. The Labute approximate surface area is 189 Å². The van der Waals surface area contributed by atoms with Gasteiger partial charge in [-0.05, 0) is 49.0 Å². The van der Waals surface area contributed by atoms with E-state index in [2.05, 4.69) is 32.1 Å². The van der Waals surface area contributed by atoms with Crippen molar-refractivity contribution in [3.05, 3.63) is 71.5 Å². The van der Waals surface area contributed by atoms with E-state index in [0.29, 0.717) is 23.9 Å². The summed E-state index contributed by atoms with van der Waals surface area (Å²) in [6, 6.07) is 15.9. The highest BCUT2D eigenvalue weighted by molar-refractivity contribution is 7.92. The molecule has 3 aromatic rings. The minimum absolute atomic E-state index is 0.316. The number of piperidine rings is 1. The van der Waals surface area contributed by atoms with E-state index in [-0.39, 0.29) is 0 Å². The molecule has 1 aromatic heterocycles. The van der Waals surface area contributed by atoms with Crippen molar-refractivity contribution in [3.8, 4) is 5.75 Å². The second-order valence-electron chi connectivity index (χ2n) is 8.25. The molecule has 0 aliphatic carbocycles. The zero-order chi connectivity index (χ0) is 22.6. The third-order valence-electron chi connectivity index (χ3n) is 5.73. The number of aromatic nitrogens is 3. The molecule has 0 saturated carbocycles. The van der Waals surface area contributed by atoms with Crippen LogP contribution in [0.1, 0.15) is 35.6 Å². The monoisotopic (exact) mass is 455 g/mol. The summed E-state index contributed by atoms with van der Waals surface area (Å²) in [7, 11) is -1.79. The van der Waals surface area contributed by atoms with Crippen LogP contribution in [0.2, 0.25) is 0 Å². The van der Waals surface area contributed by atoms with Crippen LogP contribution in [0.15, 0.2) is 54.7 Å². The van der Waals surface area contributed by atoms with Crippen LogP contribution < -0.4 is 9.46 Å². The Kier molecular flexibility index (Phi) is 6.76. The lowest BCUT2D eigenvalue weighted by molar-refractivity contribution is 0.201. The number of anilines is 1. The fourth-order valence-corrected chi connectivity index (χ4v) is 4.83. The third kappa shape index (κ3) is 5.66. The fraction of sp³-hybridized carbons (Fsp3) is 0.391. The smallest absolute Gasteiger partial charge is 0.229 e. The fourth-order valence-electron chi connectivity index (χ4n) is 4.27. The summed E-state index contributed by atoms with van der Waals surface area (Å²) >= 11 is 0. The summed E-state index contributed by atoms with van der Waals surface area (Å²) in [4.78, 5) is 2.39. The molecule has 2 aromatic carbocycles. The Hall–Kier alpha value is -2.91. The average Bonchev–Trinajstić information content (AvgIpc) is 3.20. The van der Waals surface area contributed by atoms with Crippen molar-refractivity contribution in [2.45, 2.75) is 31.8 Å². The molecule has 0 amide bonds. The summed E-state index contributed by atoms with van der Waals surface area (Å²) in [5.74, 6) is 0.927. The Morgan fingerprint density at radius 3 is 2.50 bits per heavy atom. The number of likely N-dealkylation sites (tertiary alicyclic amines) is 1. The van der Waals surface area contributed by atoms with Gasteiger partial charge in [-0.15, -0.1) is 5.10 Å². The predicted octanol–water partition coefficient (Wildman–Crippen LogP) is 3.09. The lowest BCUT2D eigenvalue weighted by atomic mass is 9.88. The molecule has 1 aliphatic rings. The van der Waals surface area contributed by atoms with Crippen LogP contribution in [0.4, 0.5) is 5.69 Å². The molecule has 170 valence electrons. The third-order valence-corrected chi connectivity index (χ3v) is 6.32. The van der Waals surface area contributed by atoms with Gasteiger partial charge in [0.15, 0.2) is 0 Å². The highest BCUT2D eigenvalue weighted by Gasteiger charge is 2.25. The van der Waals surface area contributed by atoms with Crippen molar-refractivity contribution in [2.75, 3.05) is 31.2 Å². The molecule has 32 heavy (non-hydrogen) atoms. The quantitative estimate of drug-likeness (QED) is 0.562. The maximum atomic E-state index is 11.7. The van der Waals surface area contributed by atoms with E-state index in [4.69, 9.17) is 4.74 Å². The largest absolute Gasteiger partial charge is 0.494 e. The summed E-state index contributed by atoms with van der Waals surface area (Å²) in [5, 5.41) is 8.61. The Balaban J connectivity index is 1.36. The van der Waals surface area contributed by atoms with E-state index < -0.39 is 10.0 Å². The average molecular weight is 456 g/mol. The van der Waals surface area contributed by atoms with Crippen LogP contribution in [0, 0.1) is 0 Å². The van der Waals surface area contributed by atoms with Crippen LogP contribution in [-0.2, 0) is 23.1 Å². The topological polar surface area (TPSA) is 89.4 Å². The first-order valence-corrected chi connectivity index (χ1v) is 12.6. The first-order chi connectivity index (χ1) is 15.4. The van der Waals surface area contributed by atoms with Gasteiger partial charge in [0.05, 0.1) is 37.5 Å². The number of sulfonamides is 1. The molecule has 9 heteroatoms. The minimum Gasteiger partial charge on any atom is -0.494 e. The molecular formula is C23H29N5O3S. The molecule has 0 radical (unpaired) electrons. The molecule has 1 aliphatic heterocycles. The molecule has 0 unspecified atom stereocenters. The molecule has 1 saturated heterocycles. The van der Waals surface area contributed by atoms with Crippen LogP contribution in [0.25, 0.3) is 0 Å². The van der Waals surface area contributed by atoms with Crippen molar-refractivity contribution in [1.82, 2.24) is 19.9 Å². The number of ether oxygens (including phenoxy) is 1. The maximum absolute atomic E-state index is 11.7. The van der Waals surface area contributed by atoms with Gasteiger partial charge in [-0.1, -0.05) is 47.7 Å². The van der Waals surface area contributed by atoms with Gasteiger partial charge < -0.3 is 4.74 Å². The van der Waals surface area contributed by atoms with Gasteiger partial charge in [0.1, 0.15) is 5.75 Å². The van der Waals surface area contributed by atoms with E-state index in [1.807, 2.05) is 41.2 Å². The molecule has 4 rings (SSSR count). The molecule has 8 nitrogen and oxygen atoms in total. The standard InChI is InChI=1S/C23H29N5O3S/c1-31-23-21(9-6-10-22(23)25-32(2,29)30)19-11-13-27(14-12-19)16-20-17-28(26-24-20)15-18-7-4-3-5-8-18/h3-10,17,19,25H,11-16H2,1-2H3. The Morgan fingerprint density at radius 1 is 1.06 bits per heavy atom. The number of benzene rings is 2. The zero-order valence-corrected chi connectivity index (χ0v) is 19.3. The number of rotatable bonds is 8. The van der Waals surface area contributed by atoms with Gasteiger partial charge in [-0.2, -0.15) is 0 Å². The summed E-state index contributed by atoms with van der Waals surface area (Å²) < 4.78 is 33.4. The molecular weight excluding hydrogens is 426 g/mol. The molecule has 1 N–H and O–H groups in total. The van der Waals surface area contributed by atoms with E-state index in [1.165, 1.54) is 5.56 Å². The lowest BCUT2D eigenvalue weighted by Crippen LogP contribution is -2.32. The van der Waals surface area contributed by atoms with Gasteiger partial charge in [0, 0.05) is 6.54 Å². The second kappa shape index (κ2) is 9.70. The number of nitrogens with zero attached hydrogens (tertiary/aromatic N) is 4. The molecule has 0 spiro atoms. The van der Waals surface area contributed by atoms with Gasteiger partial charge in [0.25, 0.3) is 0 Å². The summed E-state index contributed by atoms with van der Waals surface area (Å²) in [6.07, 6.45) is 5.10. The number of hydrogen-bond acceptors (Lipinski definition) is 6. The van der Waals surface area contributed by atoms with E-state index in [0.717, 1.165) is 50.0 Å². The first kappa shape index (κ1) is 22.3. The lowest BCUT2D eigenvalue weighted by Gasteiger charge is -2.32. The van der Waals surface area contributed by atoms with Crippen molar-refractivity contribution in [2.24, 2.45) is 0 Å². The van der Waals surface area contributed by atoms with E-state index in [1.54, 1.807) is 13.2 Å². The summed E-state index contributed by atoms with van der Waals surface area (Å²) in [5.41, 5.74) is 3.71. The molecule has 0 bridgehead atoms. The van der Waals surface area contributed by atoms with Crippen LogP contribution in [0.5, 0.6) is 5.75 Å². The Bertz CT molecular complexity index is 1140. The van der Waals surface area contributed by atoms with Crippen molar-refractivity contribution >= 4 is 15.7 Å².